The summed E-state index contributed by atoms with van der Waals surface area (Å²) in [5, 5.41) is 0. The molecule has 0 aromatic carbocycles. The van der Waals surface area contributed by atoms with Crippen LogP contribution in [0.2, 0.25) is 0 Å². The Bertz CT molecular complexity index is 524. The van der Waals surface area contributed by atoms with E-state index in [2.05, 4.69) is 4.98 Å². The lowest BCUT2D eigenvalue weighted by atomic mass is 9.83. The Balaban J connectivity index is 2.30. The van der Waals surface area contributed by atoms with Gasteiger partial charge in [-0.25, -0.2) is 0 Å². The van der Waals surface area contributed by atoms with Crippen LogP contribution in [0.3, 0.4) is 0 Å². The van der Waals surface area contributed by atoms with Crippen LogP contribution in [0, 0.1) is 6.92 Å². The maximum absolute atomic E-state index is 11.3. The number of carbonyl (C=O) groups is 1. The van der Waals surface area contributed by atoms with Gasteiger partial charge in [-0.15, -0.1) is 0 Å². The Morgan fingerprint density at radius 3 is 2.25 bits per heavy atom. The number of hydrogen-bond acceptors (Lipinski definition) is 4. The maximum Gasteiger partial charge on any atom is 0.514 e. The first-order valence-electron chi connectivity index (χ1n) is 6.93. The van der Waals surface area contributed by atoms with Crippen LogP contribution in [-0.4, -0.2) is 29.1 Å². The molecule has 0 spiro atoms. The highest BCUT2D eigenvalue weighted by Crippen LogP contribution is 2.36. The number of aryl methyl sites for hydroxylation is 1. The fraction of sp³-hybridized carbons (Fsp3) is 0.600. The van der Waals surface area contributed by atoms with Crippen molar-refractivity contribution in [1.29, 1.82) is 0 Å². The molecule has 108 valence electrons. The van der Waals surface area contributed by atoms with Gasteiger partial charge < -0.3 is 9.31 Å². The van der Waals surface area contributed by atoms with Gasteiger partial charge in [-0.05, 0) is 59.2 Å². The van der Waals surface area contributed by atoms with Crippen LogP contribution in [0.15, 0.2) is 12.1 Å². The number of hydrogen-bond donors (Lipinski definition) is 0. The van der Waals surface area contributed by atoms with Crippen LogP contribution < -0.4 is 5.59 Å². The van der Waals surface area contributed by atoms with Crippen molar-refractivity contribution >= 4 is 18.5 Å². The van der Waals surface area contributed by atoms with Crippen LogP contribution in [-0.2, 0) is 20.5 Å². The standard InChI is InChI=1S/C15H22BNO3/c1-10-7-12(8-11(2)18)9-13(17-10)16-19-14(3,4)15(5,6)20-16/h7,9H,8H2,1-6H3. The Hall–Kier alpha value is -1.20. The first kappa shape index (κ1) is 15.2. The second-order valence-electron chi connectivity index (χ2n) is 6.51. The smallest absolute Gasteiger partial charge is 0.398 e. The SMILES string of the molecule is CC(=O)Cc1cc(C)nc(B2OC(C)(C)C(C)(C)O2)c1. The molecule has 1 aromatic heterocycles. The minimum atomic E-state index is -0.481. The average Bonchev–Trinajstić information content (AvgIpc) is 2.46. The van der Waals surface area contributed by atoms with E-state index in [1.807, 2.05) is 46.8 Å². The highest BCUT2D eigenvalue weighted by molar-refractivity contribution is 6.61. The number of pyridine rings is 1. The number of carbonyl (C=O) groups excluding carboxylic acids is 1. The molecule has 2 rings (SSSR count). The molecule has 0 amide bonds. The highest BCUT2D eigenvalue weighted by Gasteiger charge is 2.52. The van der Waals surface area contributed by atoms with Crippen molar-refractivity contribution in [2.45, 2.75) is 59.2 Å². The Kier molecular flexibility index (Phi) is 3.78. The van der Waals surface area contributed by atoms with Crippen LogP contribution in [0.5, 0.6) is 0 Å². The van der Waals surface area contributed by atoms with E-state index in [1.165, 1.54) is 0 Å². The van der Waals surface area contributed by atoms with E-state index in [0.29, 0.717) is 6.42 Å². The molecule has 0 unspecified atom stereocenters. The van der Waals surface area contributed by atoms with Crippen molar-refractivity contribution in [1.82, 2.24) is 4.98 Å². The maximum atomic E-state index is 11.3. The molecule has 1 aliphatic heterocycles. The zero-order valence-corrected chi connectivity index (χ0v) is 13.1. The fourth-order valence-corrected chi connectivity index (χ4v) is 2.24. The molecule has 1 fully saturated rings. The zero-order valence-electron chi connectivity index (χ0n) is 13.1. The van der Waals surface area contributed by atoms with E-state index in [-0.39, 0.29) is 17.0 Å². The second kappa shape index (κ2) is 4.97. The molecule has 4 nitrogen and oxygen atoms in total. The van der Waals surface area contributed by atoms with E-state index >= 15 is 0 Å². The molecule has 1 aromatic rings. The molecule has 0 aliphatic carbocycles. The van der Waals surface area contributed by atoms with Gasteiger partial charge in [0.2, 0.25) is 0 Å². The van der Waals surface area contributed by atoms with Crippen molar-refractivity contribution < 1.29 is 14.1 Å². The first-order chi connectivity index (χ1) is 9.10. The van der Waals surface area contributed by atoms with Gasteiger partial charge in [0, 0.05) is 12.1 Å². The van der Waals surface area contributed by atoms with E-state index in [0.717, 1.165) is 16.9 Å². The molecular formula is C15H22BNO3. The molecule has 0 atom stereocenters. The topological polar surface area (TPSA) is 48.4 Å². The Morgan fingerprint density at radius 2 is 1.75 bits per heavy atom. The number of aromatic nitrogens is 1. The third kappa shape index (κ3) is 2.94. The molecule has 20 heavy (non-hydrogen) atoms. The van der Waals surface area contributed by atoms with E-state index in [4.69, 9.17) is 9.31 Å². The fourth-order valence-electron chi connectivity index (χ4n) is 2.24. The van der Waals surface area contributed by atoms with Gasteiger partial charge in [-0.3, -0.25) is 9.78 Å². The largest absolute Gasteiger partial charge is 0.514 e. The number of nitrogens with zero attached hydrogens (tertiary/aromatic N) is 1. The summed E-state index contributed by atoms with van der Waals surface area (Å²) in [6.45, 7) is 11.6. The summed E-state index contributed by atoms with van der Waals surface area (Å²) in [7, 11) is -0.481. The lowest BCUT2D eigenvalue weighted by Crippen LogP contribution is -2.41. The van der Waals surface area contributed by atoms with Crippen LogP contribution >= 0.6 is 0 Å². The van der Waals surface area contributed by atoms with E-state index in [9.17, 15) is 4.79 Å². The number of ketones is 1. The van der Waals surface area contributed by atoms with Gasteiger partial charge in [0.1, 0.15) is 5.78 Å². The highest BCUT2D eigenvalue weighted by atomic mass is 16.7. The van der Waals surface area contributed by atoms with Gasteiger partial charge in [0.05, 0.1) is 16.8 Å². The van der Waals surface area contributed by atoms with Crippen molar-refractivity contribution in [2.24, 2.45) is 0 Å². The summed E-state index contributed by atoms with van der Waals surface area (Å²) in [4.78, 5) is 15.8. The van der Waals surface area contributed by atoms with Crippen LogP contribution in [0.1, 0.15) is 45.9 Å². The predicted octanol–water partition coefficient (Wildman–Crippen LogP) is 1.82. The summed E-state index contributed by atoms with van der Waals surface area (Å²) >= 11 is 0. The molecular weight excluding hydrogens is 253 g/mol. The average molecular weight is 275 g/mol. The van der Waals surface area contributed by atoms with Crippen LogP contribution in [0.4, 0.5) is 0 Å². The van der Waals surface area contributed by atoms with Crippen molar-refractivity contribution in [3.8, 4) is 0 Å². The minimum absolute atomic E-state index is 0.135. The van der Waals surface area contributed by atoms with Gasteiger partial charge in [0.15, 0.2) is 0 Å². The molecule has 0 saturated carbocycles. The zero-order chi connectivity index (χ0) is 15.1. The molecule has 0 radical (unpaired) electrons. The summed E-state index contributed by atoms with van der Waals surface area (Å²) < 4.78 is 12.0. The van der Waals surface area contributed by atoms with Gasteiger partial charge in [0.25, 0.3) is 0 Å². The number of rotatable bonds is 3. The molecule has 5 heteroatoms. The van der Waals surface area contributed by atoms with E-state index in [1.54, 1.807) is 6.92 Å². The number of Topliss-reactive ketones (excluding diaryl/α,β-unsaturated/α-hetero) is 1. The summed E-state index contributed by atoms with van der Waals surface area (Å²) in [6, 6.07) is 3.83. The van der Waals surface area contributed by atoms with Crippen molar-refractivity contribution in [2.75, 3.05) is 0 Å². The summed E-state index contributed by atoms with van der Waals surface area (Å²) in [5.74, 6) is 0.135. The van der Waals surface area contributed by atoms with Gasteiger partial charge >= 0.3 is 7.12 Å². The molecule has 0 bridgehead atoms. The van der Waals surface area contributed by atoms with Crippen molar-refractivity contribution in [3.63, 3.8) is 0 Å². The van der Waals surface area contributed by atoms with E-state index < -0.39 is 7.12 Å². The monoisotopic (exact) mass is 275 g/mol. The predicted molar refractivity (Wildman–Crippen MR) is 79.1 cm³/mol. The third-order valence-corrected chi connectivity index (χ3v) is 3.98. The quantitative estimate of drug-likeness (QED) is 0.789. The lowest BCUT2D eigenvalue weighted by Gasteiger charge is -2.32. The molecule has 2 heterocycles. The Labute approximate surface area is 121 Å². The third-order valence-electron chi connectivity index (χ3n) is 3.98. The Morgan fingerprint density at radius 1 is 1.20 bits per heavy atom. The van der Waals surface area contributed by atoms with Gasteiger partial charge in [-0.2, -0.15) is 0 Å². The second-order valence-corrected chi connectivity index (χ2v) is 6.51. The molecule has 0 N–H and O–H groups in total. The molecule has 1 saturated heterocycles. The van der Waals surface area contributed by atoms with Gasteiger partial charge in [-0.1, -0.05) is 0 Å². The first-order valence-corrected chi connectivity index (χ1v) is 6.93. The molecule has 1 aliphatic rings. The van der Waals surface area contributed by atoms with Crippen molar-refractivity contribution in [3.05, 3.63) is 23.4 Å². The normalized spacial score (nSPS) is 20.2. The summed E-state index contributed by atoms with van der Waals surface area (Å²) in [6.07, 6.45) is 0.413. The summed E-state index contributed by atoms with van der Waals surface area (Å²) in [5.41, 5.74) is 1.79. The minimum Gasteiger partial charge on any atom is -0.398 e. The van der Waals surface area contributed by atoms with Crippen LogP contribution in [0.25, 0.3) is 0 Å². The lowest BCUT2D eigenvalue weighted by molar-refractivity contribution is -0.116.